The first-order valence-electron chi connectivity index (χ1n) is 9.83. The number of benzene rings is 1. The first-order chi connectivity index (χ1) is 13.1. The molecule has 0 bridgehead atoms. The summed E-state index contributed by atoms with van der Waals surface area (Å²) < 4.78 is 0. The Morgan fingerprint density at radius 3 is 2.85 bits per heavy atom. The smallest absolute Gasteiger partial charge is 0.233 e. The second kappa shape index (κ2) is 9.79. The molecule has 1 aliphatic carbocycles. The number of hydrogen-bond donors (Lipinski definition) is 2. The van der Waals surface area contributed by atoms with Crippen molar-refractivity contribution in [1.82, 2.24) is 15.3 Å². The van der Waals surface area contributed by atoms with Crippen LogP contribution in [-0.4, -0.2) is 27.7 Å². The van der Waals surface area contributed by atoms with Gasteiger partial charge in [0.25, 0.3) is 0 Å². The lowest BCUT2D eigenvalue weighted by molar-refractivity contribution is -0.120. The van der Waals surface area contributed by atoms with Gasteiger partial charge in [-0.1, -0.05) is 53.7 Å². The summed E-state index contributed by atoms with van der Waals surface area (Å²) in [6.45, 7) is 4.71. The number of aryl methyl sites for hydroxylation is 1. The van der Waals surface area contributed by atoms with E-state index in [-0.39, 0.29) is 11.2 Å². The molecule has 0 fully saturated rings. The summed E-state index contributed by atoms with van der Waals surface area (Å²) in [5.74, 6) is 0.0788. The van der Waals surface area contributed by atoms with E-state index < -0.39 is 0 Å². The average molecular weight is 384 g/mol. The molecule has 0 saturated carbocycles. The van der Waals surface area contributed by atoms with Crippen LogP contribution in [-0.2, 0) is 11.2 Å². The number of imidazole rings is 1. The Morgan fingerprint density at radius 1 is 1.30 bits per heavy atom. The van der Waals surface area contributed by atoms with E-state index in [4.69, 9.17) is 4.98 Å². The third-order valence-corrected chi connectivity index (χ3v) is 5.95. The molecule has 5 heteroatoms. The number of allylic oxidation sites excluding steroid dienone is 1. The third-order valence-electron chi connectivity index (χ3n) is 4.97. The molecule has 0 radical (unpaired) electrons. The molecule has 1 atom stereocenters. The van der Waals surface area contributed by atoms with Gasteiger partial charge in [0.15, 0.2) is 5.16 Å². The fourth-order valence-electron chi connectivity index (χ4n) is 3.33. The van der Waals surface area contributed by atoms with E-state index in [0.717, 1.165) is 35.9 Å². The van der Waals surface area contributed by atoms with Crippen LogP contribution in [0, 0.1) is 6.92 Å². The van der Waals surface area contributed by atoms with Gasteiger partial charge >= 0.3 is 0 Å². The summed E-state index contributed by atoms with van der Waals surface area (Å²) in [6, 6.07) is 10.3. The van der Waals surface area contributed by atoms with Crippen LogP contribution in [0.15, 0.2) is 47.1 Å². The lowest BCUT2D eigenvalue weighted by Gasteiger charge is -2.14. The predicted octanol–water partition coefficient (Wildman–Crippen LogP) is 4.80. The van der Waals surface area contributed by atoms with E-state index in [2.05, 4.69) is 28.5 Å². The van der Waals surface area contributed by atoms with Crippen molar-refractivity contribution in [3.8, 4) is 0 Å². The normalized spacial score (nSPS) is 15.3. The molecule has 144 valence electrons. The van der Waals surface area contributed by atoms with Crippen LogP contribution >= 0.6 is 11.8 Å². The Labute approximate surface area is 166 Å². The van der Waals surface area contributed by atoms with Crippen LogP contribution < -0.4 is 5.32 Å². The van der Waals surface area contributed by atoms with Gasteiger partial charge in [0.2, 0.25) is 5.91 Å². The van der Waals surface area contributed by atoms with Crippen molar-refractivity contribution in [3.05, 3.63) is 58.9 Å². The monoisotopic (exact) mass is 383 g/mol. The highest BCUT2D eigenvalue weighted by atomic mass is 32.2. The predicted molar refractivity (Wildman–Crippen MR) is 112 cm³/mol. The van der Waals surface area contributed by atoms with E-state index in [0.29, 0.717) is 0 Å². The molecule has 27 heavy (non-hydrogen) atoms. The lowest BCUT2D eigenvalue weighted by Crippen LogP contribution is -2.32. The van der Waals surface area contributed by atoms with Crippen LogP contribution in [0.1, 0.15) is 56.0 Å². The zero-order valence-electron chi connectivity index (χ0n) is 16.3. The summed E-state index contributed by atoms with van der Waals surface area (Å²) in [6.07, 6.45) is 9.10. The Morgan fingerprint density at radius 2 is 2.11 bits per heavy atom. The largest absolute Gasteiger partial charge is 0.355 e. The zero-order valence-corrected chi connectivity index (χ0v) is 17.1. The molecule has 0 saturated heterocycles. The lowest BCUT2D eigenvalue weighted by atomic mass is 9.97. The van der Waals surface area contributed by atoms with Crippen molar-refractivity contribution in [2.75, 3.05) is 6.54 Å². The van der Waals surface area contributed by atoms with Gasteiger partial charge in [0.05, 0.1) is 10.9 Å². The van der Waals surface area contributed by atoms with E-state index in [1.165, 1.54) is 48.6 Å². The van der Waals surface area contributed by atoms with Crippen molar-refractivity contribution in [2.24, 2.45) is 0 Å². The minimum Gasteiger partial charge on any atom is -0.355 e. The summed E-state index contributed by atoms with van der Waals surface area (Å²) in [5.41, 5.74) is 4.85. The van der Waals surface area contributed by atoms with Crippen molar-refractivity contribution in [2.45, 2.75) is 62.8 Å². The van der Waals surface area contributed by atoms with Gasteiger partial charge in [-0.25, -0.2) is 4.98 Å². The number of thioether (sulfide) groups is 1. The maximum atomic E-state index is 12.4. The molecular weight excluding hydrogens is 354 g/mol. The molecule has 1 aromatic carbocycles. The number of carbonyl (C=O) groups excluding carboxylic acids is 1. The molecular formula is C22H29N3OS. The fourth-order valence-corrected chi connectivity index (χ4v) is 4.23. The van der Waals surface area contributed by atoms with E-state index in [1.807, 2.05) is 32.0 Å². The Kier molecular flexibility index (Phi) is 7.16. The van der Waals surface area contributed by atoms with Crippen molar-refractivity contribution in [1.29, 1.82) is 0 Å². The summed E-state index contributed by atoms with van der Waals surface area (Å²) in [7, 11) is 0. The van der Waals surface area contributed by atoms with E-state index >= 15 is 0 Å². The number of H-pyrrole nitrogens is 1. The first kappa shape index (κ1) is 19.7. The number of amides is 1. The molecule has 4 nitrogen and oxygen atoms in total. The van der Waals surface area contributed by atoms with Crippen LogP contribution in [0.2, 0.25) is 0 Å². The number of aromatic amines is 1. The molecule has 1 heterocycles. The van der Waals surface area contributed by atoms with Gasteiger partial charge in [-0.3, -0.25) is 4.79 Å². The molecule has 1 aromatic heterocycles. The van der Waals surface area contributed by atoms with Crippen LogP contribution in [0.4, 0.5) is 0 Å². The number of nitrogens with zero attached hydrogens (tertiary/aromatic N) is 1. The molecule has 3 rings (SSSR count). The van der Waals surface area contributed by atoms with Gasteiger partial charge in [-0.2, -0.15) is 0 Å². The molecule has 0 spiro atoms. The molecule has 0 aliphatic heterocycles. The summed E-state index contributed by atoms with van der Waals surface area (Å²) >= 11 is 1.49. The second-order valence-corrected chi connectivity index (χ2v) is 8.51. The number of aromatic nitrogens is 2. The highest BCUT2D eigenvalue weighted by Crippen LogP contribution is 2.23. The molecule has 1 amide bonds. The highest BCUT2D eigenvalue weighted by Gasteiger charge is 2.17. The molecule has 2 aromatic rings. The number of nitrogens with one attached hydrogen (secondary N) is 2. The quantitative estimate of drug-likeness (QED) is 0.509. The SMILES string of the molecule is Cc1[nH]c(S[C@H](C)C(=O)NCCC2=CCCCC2)nc1Cc1ccccc1. The maximum absolute atomic E-state index is 12.4. The standard InChI is InChI=1S/C22H29N3OS/c1-16-20(15-19-11-7-4-8-12-19)25-22(24-16)27-17(2)21(26)23-14-13-18-9-5-3-6-10-18/h4,7-9,11-12,17H,3,5-6,10,13-15H2,1-2H3,(H,23,26)(H,24,25)/t17-/m1/s1. The topological polar surface area (TPSA) is 57.8 Å². The summed E-state index contributed by atoms with van der Waals surface area (Å²) in [5, 5.41) is 3.72. The highest BCUT2D eigenvalue weighted by molar-refractivity contribution is 8.00. The van der Waals surface area contributed by atoms with Crippen LogP contribution in [0.25, 0.3) is 0 Å². The van der Waals surface area contributed by atoms with Crippen LogP contribution in [0.3, 0.4) is 0 Å². The van der Waals surface area contributed by atoms with E-state index in [9.17, 15) is 4.79 Å². The average Bonchev–Trinajstić information content (AvgIpc) is 3.02. The second-order valence-electron chi connectivity index (χ2n) is 7.19. The van der Waals surface area contributed by atoms with Crippen molar-refractivity contribution in [3.63, 3.8) is 0 Å². The van der Waals surface area contributed by atoms with Crippen molar-refractivity contribution < 1.29 is 4.79 Å². The number of hydrogen-bond acceptors (Lipinski definition) is 3. The van der Waals surface area contributed by atoms with Crippen LogP contribution in [0.5, 0.6) is 0 Å². The third kappa shape index (κ3) is 5.99. The zero-order chi connectivity index (χ0) is 19.1. The minimum absolute atomic E-state index is 0.0788. The van der Waals surface area contributed by atoms with Gasteiger partial charge < -0.3 is 10.3 Å². The number of rotatable bonds is 8. The fraction of sp³-hybridized carbons (Fsp3) is 0.455. The van der Waals surface area contributed by atoms with Gasteiger partial charge in [-0.15, -0.1) is 0 Å². The van der Waals surface area contributed by atoms with Crippen molar-refractivity contribution >= 4 is 17.7 Å². The molecule has 0 unspecified atom stereocenters. The first-order valence-corrected chi connectivity index (χ1v) is 10.7. The number of carbonyl (C=O) groups is 1. The van der Waals surface area contributed by atoms with Gasteiger partial charge in [0.1, 0.15) is 0 Å². The Hall–Kier alpha value is -2.01. The Balaban J connectivity index is 1.48. The Bertz CT molecular complexity index is 782. The molecule has 1 aliphatic rings. The van der Waals surface area contributed by atoms with E-state index in [1.54, 1.807) is 0 Å². The minimum atomic E-state index is -0.166. The molecule has 2 N–H and O–H groups in total. The maximum Gasteiger partial charge on any atom is 0.233 e. The summed E-state index contributed by atoms with van der Waals surface area (Å²) in [4.78, 5) is 20.4. The van der Waals surface area contributed by atoms with Gasteiger partial charge in [0, 0.05) is 18.7 Å². The van der Waals surface area contributed by atoms with Gasteiger partial charge in [-0.05, 0) is 51.5 Å².